The lowest BCUT2D eigenvalue weighted by molar-refractivity contribution is 0.0117. The number of anilines is 2. The van der Waals surface area contributed by atoms with Gasteiger partial charge in [0, 0.05) is 44.3 Å². The highest BCUT2D eigenvalue weighted by Gasteiger charge is 2.36. The highest BCUT2D eigenvalue weighted by atomic mass is 16.5. The van der Waals surface area contributed by atoms with Crippen LogP contribution in [0, 0.1) is 0 Å². The SMILES string of the molecule is Oc1ccccc1-c1cc2c(nn1)NC[C@H]1CN(C3CCN(CCOC4CCNCC4)CC3)CCN21. The first kappa shape index (κ1) is 23.9. The molecule has 0 saturated carbocycles. The number of nitrogens with zero attached hydrogens (tertiary/aromatic N) is 5. The monoisotopic (exact) mass is 493 g/mol. The van der Waals surface area contributed by atoms with Crippen LogP contribution in [0.1, 0.15) is 25.7 Å². The minimum atomic E-state index is 0.237. The van der Waals surface area contributed by atoms with E-state index >= 15 is 0 Å². The van der Waals surface area contributed by atoms with Crippen LogP contribution in [0.15, 0.2) is 30.3 Å². The van der Waals surface area contributed by atoms with E-state index in [-0.39, 0.29) is 5.75 Å². The number of aromatic nitrogens is 2. The van der Waals surface area contributed by atoms with E-state index in [1.807, 2.05) is 18.2 Å². The van der Waals surface area contributed by atoms with Gasteiger partial charge in [-0.1, -0.05) is 12.1 Å². The summed E-state index contributed by atoms with van der Waals surface area (Å²) in [5.41, 5.74) is 2.54. The van der Waals surface area contributed by atoms with Crippen LogP contribution in [-0.2, 0) is 4.74 Å². The average Bonchev–Trinajstić information content (AvgIpc) is 2.94. The second-order valence-corrected chi connectivity index (χ2v) is 10.6. The summed E-state index contributed by atoms with van der Waals surface area (Å²) in [6.07, 6.45) is 5.24. The van der Waals surface area contributed by atoms with Crippen LogP contribution in [0.2, 0.25) is 0 Å². The van der Waals surface area contributed by atoms with Gasteiger partial charge in [0.2, 0.25) is 0 Å². The molecule has 4 aliphatic rings. The summed E-state index contributed by atoms with van der Waals surface area (Å²) < 4.78 is 6.13. The largest absolute Gasteiger partial charge is 0.507 e. The van der Waals surface area contributed by atoms with Crippen molar-refractivity contribution in [3.63, 3.8) is 0 Å². The Kier molecular flexibility index (Phi) is 7.23. The predicted octanol–water partition coefficient (Wildman–Crippen LogP) is 2.00. The lowest BCUT2D eigenvalue weighted by Crippen LogP contribution is -2.61. The van der Waals surface area contributed by atoms with Crippen molar-refractivity contribution in [3.05, 3.63) is 30.3 Å². The number of phenolic OH excluding ortho intramolecular Hbond substituents is 1. The molecule has 0 spiro atoms. The Bertz CT molecular complexity index is 1020. The van der Waals surface area contributed by atoms with Crippen LogP contribution < -0.4 is 15.5 Å². The fourth-order valence-electron chi connectivity index (χ4n) is 6.28. The molecule has 9 heteroatoms. The van der Waals surface area contributed by atoms with E-state index in [1.165, 1.54) is 25.9 Å². The van der Waals surface area contributed by atoms with Crippen LogP contribution in [0.25, 0.3) is 11.3 Å². The Morgan fingerprint density at radius 1 is 0.972 bits per heavy atom. The Hall–Kier alpha value is -2.46. The second-order valence-electron chi connectivity index (χ2n) is 10.6. The van der Waals surface area contributed by atoms with Gasteiger partial charge in [-0.25, -0.2) is 0 Å². The number of nitrogens with one attached hydrogen (secondary N) is 2. The van der Waals surface area contributed by atoms with Crippen molar-refractivity contribution >= 4 is 11.5 Å². The third-order valence-corrected chi connectivity index (χ3v) is 8.40. The zero-order valence-corrected chi connectivity index (χ0v) is 21.1. The summed E-state index contributed by atoms with van der Waals surface area (Å²) in [5, 5.41) is 26.0. The van der Waals surface area contributed by atoms with Crippen LogP contribution in [0.3, 0.4) is 0 Å². The molecule has 0 unspecified atom stereocenters. The molecule has 3 saturated heterocycles. The molecule has 4 aliphatic heterocycles. The summed E-state index contributed by atoms with van der Waals surface area (Å²) in [6, 6.07) is 10.5. The van der Waals surface area contributed by atoms with E-state index in [0.29, 0.717) is 23.9 Å². The number of phenols is 1. The Morgan fingerprint density at radius 2 is 1.81 bits per heavy atom. The van der Waals surface area contributed by atoms with Crippen molar-refractivity contribution in [2.45, 2.75) is 43.9 Å². The first-order valence-electron chi connectivity index (χ1n) is 13.7. The van der Waals surface area contributed by atoms with Gasteiger partial charge in [0.05, 0.1) is 30.1 Å². The number of likely N-dealkylation sites (tertiary alicyclic amines) is 1. The normalized spacial score (nSPS) is 24.2. The number of para-hydroxylation sites is 1. The number of ether oxygens (including phenoxy) is 1. The quantitative estimate of drug-likeness (QED) is 0.559. The Balaban J connectivity index is 1.02. The number of hydrogen-bond donors (Lipinski definition) is 3. The zero-order chi connectivity index (χ0) is 24.3. The van der Waals surface area contributed by atoms with Gasteiger partial charge in [-0.05, 0) is 70.1 Å². The van der Waals surface area contributed by atoms with Gasteiger partial charge < -0.3 is 30.3 Å². The van der Waals surface area contributed by atoms with Crippen molar-refractivity contribution in [3.8, 4) is 17.0 Å². The van der Waals surface area contributed by atoms with Crippen molar-refractivity contribution in [2.75, 3.05) is 75.7 Å². The topological polar surface area (TPSA) is 89.0 Å². The molecule has 194 valence electrons. The summed E-state index contributed by atoms with van der Waals surface area (Å²) in [6.45, 7) is 10.5. The molecular formula is C27H39N7O2. The van der Waals surface area contributed by atoms with E-state index < -0.39 is 0 Å². The number of piperidine rings is 2. The average molecular weight is 494 g/mol. The molecule has 0 amide bonds. The maximum absolute atomic E-state index is 10.3. The van der Waals surface area contributed by atoms with Crippen LogP contribution >= 0.6 is 0 Å². The lowest BCUT2D eigenvalue weighted by atomic mass is 9.99. The molecule has 2 aromatic rings. The lowest BCUT2D eigenvalue weighted by Gasteiger charge is -2.49. The van der Waals surface area contributed by atoms with Gasteiger partial charge in [-0.2, -0.15) is 0 Å². The van der Waals surface area contributed by atoms with Crippen molar-refractivity contribution in [1.29, 1.82) is 0 Å². The molecule has 6 rings (SSSR count). The number of benzene rings is 1. The molecule has 36 heavy (non-hydrogen) atoms. The van der Waals surface area contributed by atoms with E-state index in [4.69, 9.17) is 4.74 Å². The third kappa shape index (κ3) is 5.16. The van der Waals surface area contributed by atoms with E-state index in [0.717, 1.165) is 82.3 Å². The van der Waals surface area contributed by atoms with Gasteiger partial charge >= 0.3 is 0 Å². The van der Waals surface area contributed by atoms with Gasteiger partial charge in [-0.3, -0.25) is 4.90 Å². The van der Waals surface area contributed by atoms with Crippen LogP contribution in [0.4, 0.5) is 11.5 Å². The number of rotatable bonds is 6. The third-order valence-electron chi connectivity index (χ3n) is 8.40. The predicted molar refractivity (Wildman–Crippen MR) is 142 cm³/mol. The van der Waals surface area contributed by atoms with Gasteiger partial charge in [0.1, 0.15) is 5.75 Å². The first-order valence-corrected chi connectivity index (χ1v) is 13.7. The highest BCUT2D eigenvalue weighted by Crippen LogP contribution is 2.36. The summed E-state index contributed by atoms with van der Waals surface area (Å²) >= 11 is 0. The minimum absolute atomic E-state index is 0.237. The molecule has 9 nitrogen and oxygen atoms in total. The smallest absolute Gasteiger partial charge is 0.172 e. The number of piperazine rings is 1. The molecule has 1 atom stereocenters. The maximum Gasteiger partial charge on any atom is 0.172 e. The van der Waals surface area contributed by atoms with E-state index in [2.05, 4.69) is 41.6 Å². The molecular weight excluding hydrogens is 454 g/mol. The number of aromatic hydroxyl groups is 1. The van der Waals surface area contributed by atoms with E-state index in [9.17, 15) is 5.11 Å². The molecule has 3 N–H and O–H groups in total. The summed E-state index contributed by atoms with van der Waals surface area (Å²) in [4.78, 5) is 7.80. The Morgan fingerprint density at radius 3 is 2.64 bits per heavy atom. The van der Waals surface area contributed by atoms with Gasteiger partial charge in [0.25, 0.3) is 0 Å². The first-order chi connectivity index (χ1) is 17.7. The maximum atomic E-state index is 10.3. The fourth-order valence-corrected chi connectivity index (χ4v) is 6.28. The molecule has 0 radical (unpaired) electrons. The molecule has 1 aromatic carbocycles. The highest BCUT2D eigenvalue weighted by molar-refractivity contribution is 5.76. The zero-order valence-electron chi connectivity index (χ0n) is 21.1. The van der Waals surface area contributed by atoms with Crippen molar-refractivity contribution in [2.24, 2.45) is 0 Å². The Labute approximate surface area is 213 Å². The standard InChI is InChI=1S/C27H39N7O2/c35-26-4-2-1-3-23(26)24-17-25-27(31-30-24)29-18-21-19-33(13-14-34(21)25)20-7-11-32(12-8-20)15-16-36-22-5-9-28-10-6-22/h1-4,17,20-22,28,35H,5-16,18-19H2,(H,29,31)/t21-/m0/s1. The van der Waals surface area contributed by atoms with Crippen molar-refractivity contribution in [1.82, 2.24) is 25.3 Å². The molecule has 0 aliphatic carbocycles. The number of fused-ring (bicyclic) bond motifs is 3. The minimum Gasteiger partial charge on any atom is -0.507 e. The van der Waals surface area contributed by atoms with Gasteiger partial charge in [-0.15, -0.1) is 10.2 Å². The van der Waals surface area contributed by atoms with Gasteiger partial charge in [0.15, 0.2) is 5.82 Å². The van der Waals surface area contributed by atoms with Crippen molar-refractivity contribution < 1.29 is 9.84 Å². The van der Waals surface area contributed by atoms with Crippen LogP contribution in [0.5, 0.6) is 5.75 Å². The summed E-state index contributed by atoms with van der Waals surface area (Å²) in [7, 11) is 0. The molecule has 5 heterocycles. The summed E-state index contributed by atoms with van der Waals surface area (Å²) in [5.74, 6) is 1.08. The van der Waals surface area contributed by atoms with E-state index in [1.54, 1.807) is 6.07 Å². The second kappa shape index (κ2) is 10.9. The van der Waals surface area contributed by atoms with Crippen LogP contribution in [-0.4, -0.2) is 109 Å². The molecule has 3 fully saturated rings. The number of hydrogen-bond acceptors (Lipinski definition) is 9. The molecule has 1 aromatic heterocycles. The fraction of sp³-hybridized carbons (Fsp3) is 0.630. The molecule has 0 bridgehead atoms.